The third kappa shape index (κ3) is 5.29. The van der Waals surface area contributed by atoms with Crippen LogP contribution < -0.4 is 10.5 Å². The van der Waals surface area contributed by atoms with Crippen LogP contribution in [-0.2, 0) is 11.2 Å². The molecule has 1 amide bonds. The quantitative estimate of drug-likeness (QED) is 0.723. The Morgan fingerprint density at radius 3 is 2.45 bits per heavy atom. The SMILES string of the molecule is CCCC(CCC)Cc1c(OC(=O)N2CCOCC2)nn(-c2ccccc2)c1N. The normalized spacial score (nSPS) is 14.4. The van der Waals surface area contributed by atoms with Crippen molar-refractivity contribution in [2.45, 2.75) is 46.0 Å². The molecule has 0 radical (unpaired) electrons. The zero-order valence-electron chi connectivity index (χ0n) is 17.5. The van der Waals surface area contributed by atoms with Crippen LogP contribution in [0.4, 0.5) is 10.6 Å². The third-order valence-corrected chi connectivity index (χ3v) is 5.33. The molecule has 1 aromatic carbocycles. The van der Waals surface area contributed by atoms with Crippen molar-refractivity contribution in [1.82, 2.24) is 14.7 Å². The van der Waals surface area contributed by atoms with Gasteiger partial charge in [-0.1, -0.05) is 57.7 Å². The highest BCUT2D eigenvalue weighted by Crippen LogP contribution is 2.32. The molecule has 1 aliphatic rings. The zero-order chi connectivity index (χ0) is 20.6. The molecule has 1 aromatic heterocycles. The molecule has 0 unspecified atom stereocenters. The molecule has 0 saturated carbocycles. The largest absolute Gasteiger partial charge is 0.416 e. The molecule has 3 rings (SSSR count). The second kappa shape index (κ2) is 10.3. The summed E-state index contributed by atoms with van der Waals surface area (Å²) in [5.41, 5.74) is 8.18. The minimum Gasteiger partial charge on any atom is -0.389 e. The molecule has 1 saturated heterocycles. The first-order valence-corrected chi connectivity index (χ1v) is 10.6. The van der Waals surface area contributed by atoms with E-state index >= 15 is 0 Å². The van der Waals surface area contributed by atoms with Crippen LogP contribution >= 0.6 is 0 Å². The van der Waals surface area contributed by atoms with E-state index in [0.717, 1.165) is 43.4 Å². The zero-order valence-corrected chi connectivity index (χ0v) is 17.5. The Kier molecular flexibility index (Phi) is 7.52. The summed E-state index contributed by atoms with van der Waals surface area (Å²) in [4.78, 5) is 14.3. The smallest absolute Gasteiger partial charge is 0.389 e. The topological polar surface area (TPSA) is 82.6 Å². The van der Waals surface area contributed by atoms with E-state index in [2.05, 4.69) is 18.9 Å². The van der Waals surface area contributed by atoms with Crippen LogP contribution in [0.3, 0.4) is 0 Å². The first-order valence-electron chi connectivity index (χ1n) is 10.6. The molecule has 7 nitrogen and oxygen atoms in total. The second-order valence-corrected chi connectivity index (χ2v) is 7.53. The summed E-state index contributed by atoms with van der Waals surface area (Å²) >= 11 is 0. The first-order chi connectivity index (χ1) is 14.1. The number of nitrogen functional groups attached to an aromatic ring is 1. The highest BCUT2D eigenvalue weighted by Gasteiger charge is 2.26. The fourth-order valence-corrected chi connectivity index (χ4v) is 3.83. The van der Waals surface area contributed by atoms with Crippen LogP contribution in [0.5, 0.6) is 5.88 Å². The standard InChI is InChI=1S/C22H32N4O3/c1-3-8-17(9-4-2)16-19-20(23)26(18-10-6-5-7-11-18)24-21(19)29-22(27)25-12-14-28-15-13-25/h5-7,10-11,17H,3-4,8-9,12-16,23H2,1-2H3. The van der Waals surface area contributed by atoms with Gasteiger partial charge in [-0.2, -0.15) is 0 Å². The van der Waals surface area contributed by atoms with Crippen LogP contribution in [0, 0.1) is 5.92 Å². The van der Waals surface area contributed by atoms with E-state index in [1.165, 1.54) is 0 Å². The molecule has 0 atom stereocenters. The maximum Gasteiger partial charge on any atom is 0.416 e. The molecule has 1 fully saturated rings. The summed E-state index contributed by atoms with van der Waals surface area (Å²) in [6.45, 7) is 6.49. The molecule has 7 heteroatoms. The number of anilines is 1. The van der Waals surface area contributed by atoms with Gasteiger partial charge in [0.1, 0.15) is 5.82 Å². The maximum atomic E-state index is 12.7. The van der Waals surface area contributed by atoms with Crippen molar-refractivity contribution in [2.75, 3.05) is 32.0 Å². The second-order valence-electron chi connectivity index (χ2n) is 7.53. The van der Waals surface area contributed by atoms with E-state index in [-0.39, 0.29) is 0 Å². The average molecular weight is 401 g/mol. The van der Waals surface area contributed by atoms with E-state index in [4.69, 9.17) is 15.2 Å². The molecule has 0 spiro atoms. The average Bonchev–Trinajstić information content (AvgIpc) is 3.05. The molecule has 2 N–H and O–H groups in total. The molecule has 2 heterocycles. The fraction of sp³-hybridized carbons (Fsp3) is 0.545. The number of benzene rings is 1. The van der Waals surface area contributed by atoms with E-state index in [1.54, 1.807) is 9.58 Å². The summed E-state index contributed by atoms with van der Waals surface area (Å²) in [5, 5.41) is 4.58. The highest BCUT2D eigenvalue weighted by atomic mass is 16.6. The third-order valence-electron chi connectivity index (χ3n) is 5.33. The Balaban J connectivity index is 1.90. The minimum atomic E-state index is -0.394. The van der Waals surface area contributed by atoms with Gasteiger partial charge in [0.2, 0.25) is 5.88 Å². The molecular formula is C22H32N4O3. The van der Waals surface area contributed by atoms with Crippen LogP contribution in [0.15, 0.2) is 30.3 Å². The van der Waals surface area contributed by atoms with Gasteiger partial charge in [0.15, 0.2) is 0 Å². The number of nitrogens with two attached hydrogens (primary N) is 1. The highest BCUT2D eigenvalue weighted by molar-refractivity contribution is 5.71. The van der Waals surface area contributed by atoms with Crippen LogP contribution in [0.1, 0.15) is 45.1 Å². The van der Waals surface area contributed by atoms with Crippen molar-refractivity contribution in [3.8, 4) is 11.6 Å². The van der Waals surface area contributed by atoms with Crippen molar-refractivity contribution in [3.05, 3.63) is 35.9 Å². The van der Waals surface area contributed by atoms with Gasteiger partial charge in [0, 0.05) is 13.1 Å². The van der Waals surface area contributed by atoms with Crippen molar-refractivity contribution >= 4 is 11.9 Å². The Bertz CT molecular complexity index is 779. The lowest BCUT2D eigenvalue weighted by molar-refractivity contribution is 0.0410. The van der Waals surface area contributed by atoms with Crippen LogP contribution in [0.25, 0.3) is 5.69 Å². The van der Waals surface area contributed by atoms with Gasteiger partial charge in [-0.3, -0.25) is 0 Å². The number of hydrogen-bond donors (Lipinski definition) is 1. The number of morpholine rings is 1. The Morgan fingerprint density at radius 1 is 1.17 bits per heavy atom. The predicted octanol–water partition coefficient (Wildman–Crippen LogP) is 4.04. The van der Waals surface area contributed by atoms with Gasteiger partial charge in [-0.05, 0) is 24.5 Å². The predicted molar refractivity (Wildman–Crippen MR) is 113 cm³/mol. The van der Waals surface area contributed by atoms with E-state index in [9.17, 15) is 4.79 Å². The van der Waals surface area contributed by atoms with E-state index in [1.807, 2.05) is 30.3 Å². The number of rotatable bonds is 8. The Morgan fingerprint density at radius 2 is 1.83 bits per heavy atom. The van der Waals surface area contributed by atoms with Crippen molar-refractivity contribution in [2.24, 2.45) is 5.92 Å². The van der Waals surface area contributed by atoms with E-state index in [0.29, 0.717) is 43.9 Å². The van der Waals surface area contributed by atoms with Gasteiger partial charge >= 0.3 is 6.09 Å². The lowest BCUT2D eigenvalue weighted by Gasteiger charge is -2.25. The molecule has 0 aliphatic carbocycles. The number of hydrogen-bond acceptors (Lipinski definition) is 5. The van der Waals surface area contributed by atoms with Gasteiger partial charge < -0.3 is 20.1 Å². The molecular weight excluding hydrogens is 368 g/mol. The number of ether oxygens (including phenoxy) is 2. The molecule has 1 aliphatic heterocycles. The van der Waals surface area contributed by atoms with Gasteiger partial charge in [0.25, 0.3) is 0 Å². The summed E-state index contributed by atoms with van der Waals surface area (Å²) in [5.74, 6) is 1.35. The summed E-state index contributed by atoms with van der Waals surface area (Å²) < 4.78 is 12.7. The Labute approximate surface area is 172 Å². The van der Waals surface area contributed by atoms with Crippen LogP contribution in [-0.4, -0.2) is 47.1 Å². The molecule has 0 bridgehead atoms. The van der Waals surface area contributed by atoms with Gasteiger partial charge in [0.05, 0.1) is 24.5 Å². The fourth-order valence-electron chi connectivity index (χ4n) is 3.83. The maximum absolute atomic E-state index is 12.7. The summed E-state index contributed by atoms with van der Waals surface area (Å²) in [6, 6.07) is 9.70. The van der Waals surface area contributed by atoms with Gasteiger partial charge in [-0.15, -0.1) is 5.10 Å². The lowest BCUT2D eigenvalue weighted by Crippen LogP contribution is -2.42. The number of para-hydroxylation sites is 1. The Hall–Kier alpha value is -2.54. The van der Waals surface area contributed by atoms with Crippen molar-refractivity contribution in [1.29, 1.82) is 0 Å². The molecule has 2 aromatic rings. The first kappa shape index (κ1) is 21.2. The monoisotopic (exact) mass is 400 g/mol. The minimum absolute atomic E-state index is 0.319. The number of amides is 1. The van der Waals surface area contributed by atoms with Crippen molar-refractivity contribution < 1.29 is 14.3 Å². The number of carbonyl (C=O) groups is 1. The number of aromatic nitrogens is 2. The number of carbonyl (C=O) groups excluding carboxylic acids is 1. The lowest BCUT2D eigenvalue weighted by atomic mass is 9.92. The van der Waals surface area contributed by atoms with Crippen LogP contribution in [0.2, 0.25) is 0 Å². The summed E-state index contributed by atoms with van der Waals surface area (Å²) in [6.07, 6.45) is 4.81. The molecule has 158 valence electrons. The number of nitrogens with zero attached hydrogens (tertiary/aromatic N) is 3. The van der Waals surface area contributed by atoms with Gasteiger partial charge in [-0.25, -0.2) is 9.48 Å². The summed E-state index contributed by atoms with van der Waals surface area (Å²) in [7, 11) is 0. The molecule has 29 heavy (non-hydrogen) atoms. The van der Waals surface area contributed by atoms with Crippen molar-refractivity contribution in [3.63, 3.8) is 0 Å². The van der Waals surface area contributed by atoms with E-state index < -0.39 is 6.09 Å².